The van der Waals surface area contributed by atoms with E-state index in [2.05, 4.69) is 46.5 Å². The van der Waals surface area contributed by atoms with Crippen molar-refractivity contribution in [3.05, 3.63) is 70.3 Å². The zero-order valence-corrected chi connectivity index (χ0v) is 14.9. The lowest BCUT2D eigenvalue weighted by atomic mass is 9.97. The van der Waals surface area contributed by atoms with Crippen molar-refractivity contribution in [3.63, 3.8) is 0 Å². The number of nitrogens with one attached hydrogen (secondary N) is 2. The van der Waals surface area contributed by atoms with Crippen LogP contribution in [0.2, 0.25) is 0 Å². The van der Waals surface area contributed by atoms with Crippen molar-refractivity contribution < 1.29 is 4.79 Å². The van der Waals surface area contributed by atoms with Gasteiger partial charge >= 0.3 is 6.03 Å². The molecule has 3 nitrogen and oxygen atoms in total. The van der Waals surface area contributed by atoms with Crippen LogP contribution in [0.1, 0.15) is 37.3 Å². The summed E-state index contributed by atoms with van der Waals surface area (Å²) in [7, 11) is 0. The maximum Gasteiger partial charge on any atom is 0.323 e. The van der Waals surface area contributed by atoms with Crippen LogP contribution >= 0.6 is 15.9 Å². The van der Waals surface area contributed by atoms with Gasteiger partial charge in [-0.1, -0.05) is 66.2 Å². The molecular weight excluding hydrogens is 352 g/mol. The van der Waals surface area contributed by atoms with E-state index in [4.69, 9.17) is 0 Å². The van der Waals surface area contributed by atoms with Crippen molar-refractivity contribution >= 4 is 33.7 Å². The molecule has 0 spiro atoms. The highest BCUT2D eigenvalue weighted by molar-refractivity contribution is 9.10. The number of halogens is 1. The topological polar surface area (TPSA) is 41.1 Å². The van der Waals surface area contributed by atoms with Crippen LogP contribution in [0.4, 0.5) is 10.5 Å². The second-order valence-electron chi connectivity index (χ2n) is 5.35. The summed E-state index contributed by atoms with van der Waals surface area (Å²) in [6.45, 7) is 4.30. The fourth-order valence-electron chi connectivity index (χ4n) is 2.24. The molecule has 0 aliphatic carbocycles. The highest BCUT2D eigenvalue weighted by Crippen LogP contribution is 2.26. The third-order valence-electron chi connectivity index (χ3n) is 3.73. The van der Waals surface area contributed by atoms with Gasteiger partial charge in [0.25, 0.3) is 0 Å². The quantitative estimate of drug-likeness (QED) is 0.688. The Morgan fingerprint density at radius 1 is 1.17 bits per heavy atom. The normalized spacial score (nSPS) is 12.1. The SMILES string of the molecule is CCC(C)c1ccccc1NC(=O)N/C=C/c1ccccc1Br. The highest BCUT2D eigenvalue weighted by Gasteiger charge is 2.10. The molecule has 0 aliphatic rings. The van der Waals surface area contributed by atoms with Gasteiger partial charge in [0, 0.05) is 16.4 Å². The molecular formula is C19H21BrN2O. The molecule has 120 valence electrons. The van der Waals surface area contributed by atoms with Crippen molar-refractivity contribution in [3.8, 4) is 0 Å². The average molecular weight is 373 g/mol. The molecule has 4 heteroatoms. The molecule has 0 aromatic heterocycles. The summed E-state index contributed by atoms with van der Waals surface area (Å²) in [5.74, 6) is 0.405. The molecule has 2 amide bonds. The van der Waals surface area contributed by atoms with Crippen LogP contribution < -0.4 is 10.6 Å². The zero-order valence-electron chi connectivity index (χ0n) is 13.3. The van der Waals surface area contributed by atoms with E-state index in [0.717, 1.165) is 27.7 Å². The summed E-state index contributed by atoms with van der Waals surface area (Å²) in [4.78, 5) is 12.1. The predicted octanol–water partition coefficient (Wildman–Crippen LogP) is 5.76. The second kappa shape index (κ2) is 8.53. The number of rotatable bonds is 5. The van der Waals surface area contributed by atoms with Gasteiger partial charge in [0.05, 0.1) is 0 Å². The summed E-state index contributed by atoms with van der Waals surface area (Å²) in [5.41, 5.74) is 3.02. The summed E-state index contributed by atoms with van der Waals surface area (Å²) in [6.07, 6.45) is 4.52. The van der Waals surface area contributed by atoms with Crippen LogP contribution in [0.15, 0.2) is 59.2 Å². The third kappa shape index (κ3) is 4.96. The number of benzene rings is 2. The Balaban J connectivity index is 1.99. The first-order valence-electron chi connectivity index (χ1n) is 7.69. The Hall–Kier alpha value is -2.07. The van der Waals surface area contributed by atoms with Crippen molar-refractivity contribution in [2.24, 2.45) is 0 Å². The van der Waals surface area contributed by atoms with E-state index in [1.54, 1.807) is 6.20 Å². The van der Waals surface area contributed by atoms with Gasteiger partial charge in [-0.25, -0.2) is 4.79 Å². The molecule has 2 N–H and O–H groups in total. The van der Waals surface area contributed by atoms with Crippen LogP contribution in [0, 0.1) is 0 Å². The Labute approximate surface area is 145 Å². The number of carbonyl (C=O) groups is 1. The van der Waals surface area contributed by atoms with Crippen molar-refractivity contribution in [1.29, 1.82) is 0 Å². The molecule has 23 heavy (non-hydrogen) atoms. The lowest BCUT2D eigenvalue weighted by molar-refractivity contribution is 0.255. The van der Waals surface area contributed by atoms with Gasteiger partial charge in [-0.3, -0.25) is 0 Å². The number of anilines is 1. The monoisotopic (exact) mass is 372 g/mol. The molecule has 2 aromatic rings. The van der Waals surface area contributed by atoms with Crippen molar-refractivity contribution in [2.75, 3.05) is 5.32 Å². The van der Waals surface area contributed by atoms with E-state index in [1.807, 2.05) is 48.5 Å². The highest BCUT2D eigenvalue weighted by atomic mass is 79.9. The van der Waals surface area contributed by atoms with Crippen LogP contribution in [0.3, 0.4) is 0 Å². The molecule has 1 atom stereocenters. The van der Waals surface area contributed by atoms with Gasteiger partial charge in [-0.2, -0.15) is 0 Å². The van der Waals surface area contributed by atoms with Crippen LogP contribution in [-0.2, 0) is 0 Å². The Morgan fingerprint density at radius 3 is 2.61 bits per heavy atom. The summed E-state index contributed by atoms with van der Waals surface area (Å²) in [5, 5.41) is 5.65. The fraction of sp³-hybridized carbons (Fsp3) is 0.211. The predicted molar refractivity (Wildman–Crippen MR) is 100 cm³/mol. The second-order valence-corrected chi connectivity index (χ2v) is 6.20. The van der Waals surface area contributed by atoms with Crippen LogP contribution in [-0.4, -0.2) is 6.03 Å². The fourth-order valence-corrected chi connectivity index (χ4v) is 2.65. The van der Waals surface area contributed by atoms with Gasteiger partial charge in [0.1, 0.15) is 0 Å². The van der Waals surface area contributed by atoms with Crippen molar-refractivity contribution in [1.82, 2.24) is 5.32 Å². The van der Waals surface area contributed by atoms with E-state index in [1.165, 1.54) is 0 Å². The van der Waals surface area contributed by atoms with Gasteiger partial charge in [0.2, 0.25) is 0 Å². The van der Waals surface area contributed by atoms with E-state index in [0.29, 0.717) is 5.92 Å². The van der Waals surface area contributed by atoms with E-state index < -0.39 is 0 Å². The molecule has 2 aromatic carbocycles. The zero-order chi connectivity index (χ0) is 16.7. The lowest BCUT2D eigenvalue weighted by Crippen LogP contribution is -2.24. The molecule has 0 aliphatic heterocycles. The van der Waals surface area contributed by atoms with E-state index in [-0.39, 0.29) is 6.03 Å². The maximum absolute atomic E-state index is 12.1. The number of hydrogen-bond donors (Lipinski definition) is 2. The first-order valence-corrected chi connectivity index (χ1v) is 8.48. The number of carbonyl (C=O) groups excluding carboxylic acids is 1. The van der Waals surface area contributed by atoms with Gasteiger partial charge < -0.3 is 10.6 Å². The molecule has 0 saturated heterocycles. The van der Waals surface area contributed by atoms with Gasteiger partial charge in [0.15, 0.2) is 0 Å². The molecule has 0 bridgehead atoms. The number of para-hydroxylation sites is 1. The maximum atomic E-state index is 12.1. The summed E-state index contributed by atoms with van der Waals surface area (Å²) in [6, 6.07) is 15.5. The molecule has 1 unspecified atom stereocenters. The smallest absolute Gasteiger partial charge is 0.314 e. The minimum atomic E-state index is -0.246. The molecule has 0 saturated carbocycles. The van der Waals surface area contributed by atoms with E-state index in [9.17, 15) is 4.79 Å². The van der Waals surface area contributed by atoms with Gasteiger partial charge in [-0.15, -0.1) is 0 Å². The number of amides is 2. The first-order chi connectivity index (χ1) is 11.1. The first kappa shape index (κ1) is 17.3. The average Bonchev–Trinajstić information content (AvgIpc) is 2.56. The largest absolute Gasteiger partial charge is 0.323 e. The summed E-state index contributed by atoms with van der Waals surface area (Å²) < 4.78 is 0.987. The van der Waals surface area contributed by atoms with Crippen LogP contribution in [0.25, 0.3) is 6.08 Å². The summed E-state index contributed by atoms with van der Waals surface area (Å²) >= 11 is 3.47. The number of urea groups is 1. The van der Waals surface area contributed by atoms with Crippen molar-refractivity contribution in [2.45, 2.75) is 26.2 Å². The minimum absolute atomic E-state index is 0.246. The van der Waals surface area contributed by atoms with Crippen LogP contribution in [0.5, 0.6) is 0 Å². The Bertz CT molecular complexity index is 697. The Kier molecular flexibility index (Phi) is 6.41. The van der Waals surface area contributed by atoms with E-state index >= 15 is 0 Å². The molecule has 0 heterocycles. The minimum Gasteiger partial charge on any atom is -0.314 e. The Morgan fingerprint density at radius 2 is 1.87 bits per heavy atom. The molecule has 2 rings (SSSR count). The standard InChI is InChI=1S/C19H21BrN2O/c1-3-14(2)16-9-5-7-11-18(16)22-19(23)21-13-12-15-8-4-6-10-17(15)20/h4-14H,3H2,1-2H3,(H2,21,22,23)/b13-12+. The third-order valence-corrected chi connectivity index (χ3v) is 4.46. The lowest BCUT2D eigenvalue weighted by Gasteiger charge is -2.15. The molecule has 0 radical (unpaired) electrons. The van der Waals surface area contributed by atoms with Gasteiger partial charge in [-0.05, 0) is 41.7 Å². The molecule has 0 fully saturated rings. The number of hydrogen-bond acceptors (Lipinski definition) is 1.